The smallest absolute Gasteiger partial charge is 0.246 e. The van der Waals surface area contributed by atoms with E-state index in [1.807, 2.05) is 11.0 Å². The molecule has 3 N–H and O–H groups in total. The molecular weight excluding hydrogens is 294 g/mol. The number of methoxy groups -OCH3 is 1. The minimum Gasteiger partial charge on any atom is -0.395 e. The highest BCUT2D eigenvalue weighted by Gasteiger charge is 2.30. The molecule has 0 radical (unpaired) electrons. The average molecular weight is 314 g/mol. The molecule has 0 bridgehead atoms. The Morgan fingerprint density at radius 1 is 1.48 bits per heavy atom. The Bertz CT molecular complexity index is 524. The number of halogens is 1. The molecule has 0 aromatic heterocycles. The zero-order valence-electron chi connectivity index (χ0n) is 12.1. The zero-order chi connectivity index (χ0) is 15.4. The molecule has 6 nitrogen and oxygen atoms in total. The van der Waals surface area contributed by atoms with Crippen LogP contribution in [-0.4, -0.2) is 51.5 Å². The molecule has 1 heterocycles. The minimum atomic E-state index is -0.378. The van der Waals surface area contributed by atoms with Crippen molar-refractivity contribution in [3.05, 3.63) is 22.7 Å². The molecule has 1 unspecified atom stereocenters. The van der Waals surface area contributed by atoms with Crippen molar-refractivity contribution in [2.24, 2.45) is 0 Å². The summed E-state index contributed by atoms with van der Waals surface area (Å²) < 4.78 is 5.08. The summed E-state index contributed by atoms with van der Waals surface area (Å²) in [7, 11) is 3.36. The lowest BCUT2D eigenvalue weighted by Gasteiger charge is -2.25. The Morgan fingerprint density at radius 3 is 2.86 bits per heavy atom. The second-order valence-electron chi connectivity index (χ2n) is 4.81. The third-order valence-corrected chi connectivity index (χ3v) is 3.82. The van der Waals surface area contributed by atoms with Crippen LogP contribution in [0.15, 0.2) is 12.1 Å². The number of benzene rings is 1. The lowest BCUT2D eigenvalue weighted by Crippen LogP contribution is -2.30. The van der Waals surface area contributed by atoms with E-state index >= 15 is 0 Å². The van der Waals surface area contributed by atoms with Crippen molar-refractivity contribution in [1.82, 2.24) is 5.32 Å². The number of rotatable bonds is 7. The van der Waals surface area contributed by atoms with Crippen molar-refractivity contribution in [1.29, 1.82) is 0 Å². The van der Waals surface area contributed by atoms with Crippen molar-refractivity contribution in [2.75, 3.05) is 50.7 Å². The van der Waals surface area contributed by atoms with E-state index in [0.29, 0.717) is 24.7 Å². The molecular formula is C14H20ClN3O3. The maximum Gasteiger partial charge on any atom is 0.246 e. The Balaban J connectivity index is 2.33. The Hall–Kier alpha value is -1.34. The zero-order valence-corrected chi connectivity index (χ0v) is 12.9. The summed E-state index contributed by atoms with van der Waals surface area (Å²) in [6.45, 7) is 1.60. The standard InChI is InChI=1S/C14H20ClN3O3/c1-16-13-9-7-10(15)12(8-11(9)17-14(13)20)18(3-5-19)4-6-21-2/h7-8,13,16,19H,3-6H2,1-2H3,(H,17,20). The molecule has 2 rings (SSSR count). The molecule has 116 valence electrons. The monoisotopic (exact) mass is 313 g/mol. The number of nitrogens with zero attached hydrogens (tertiary/aromatic N) is 1. The van der Waals surface area contributed by atoms with Crippen LogP contribution >= 0.6 is 11.6 Å². The number of aliphatic hydroxyl groups excluding tert-OH is 1. The molecule has 21 heavy (non-hydrogen) atoms. The molecule has 0 fully saturated rings. The number of aliphatic hydroxyl groups is 1. The van der Waals surface area contributed by atoms with Gasteiger partial charge < -0.3 is 25.4 Å². The number of hydrogen-bond donors (Lipinski definition) is 3. The summed E-state index contributed by atoms with van der Waals surface area (Å²) in [5, 5.41) is 15.5. The van der Waals surface area contributed by atoms with Gasteiger partial charge in [0.1, 0.15) is 6.04 Å². The first-order valence-corrected chi connectivity index (χ1v) is 7.16. The third-order valence-electron chi connectivity index (χ3n) is 3.51. The van der Waals surface area contributed by atoms with E-state index in [4.69, 9.17) is 16.3 Å². The molecule has 1 aliphatic heterocycles. The van der Waals surface area contributed by atoms with Crippen LogP contribution in [0.1, 0.15) is 11.6 Å². The predicted molar refractivity (Wildman–Crippen MR) is 83.1 cm³/mol. The van der Waals surface area contributed by atoms with Crippen LogP contribution in [0.4, 0.5) is 11.4 Å². The first-order valence-electron chi connectivity index (χ1n) is 6.78. The quantitative estimate of drug-likeness (QED) is 0.700. The molecule has 0 aliphatic carbocycles. The number of carbonyl (C=O) groups is 1. The molecule has 7 heteroatoms. The van der Waals surface area contributed by atoms with Crippen LogP contribution in [0.25, 0.3) is 0 Å². The van der Waals surface area contributed by atoms with E-state index in [1.54, 1.807) is 20.2 Å². The molecule has 1 atom stereocenters. The Kier molecular flexibility index (Phi) is 5.41. The van der Waals surface area contributed by atoms with Gasteiger partial charge in [-0.15, -0.1) is 0 Å². The van der Waals surface area contributed by atoms with Crippen molar-refractivity contribution >= 4 is 28.9 Å². The number of hydrogen-bond acceptors (Lipinski definition) is 5. The van der Waals surface area contributed by atoms with Gasteiger partial charge in [0.2, 0.25) is 5.91 Å². The predicted octanol–water partition coefficient (Wildman–Crippen LogP) is 0.998. The molecule has 1 aromatic rings. The average Bonchev–Trinajstić information content (AvgIpc) is 2.77. The van der Waals surface area contributed by atoms with Gasteiger partial charge in [0.15, 0.2) is 0 Å². The minimum absolute atomic E-state index is 0.0165. The van der Waals surface area contributed by atoms with Crippen LogP contribution in [0.3, 0.4) is 0 Å². The van der Waals surface area contributed by atoms with Gasteiger partial charge in [-0.1, -0.05) is 11.6 Å². The SMILES string of the molecule is CNC1C(=O)Nc2cc(N(CCO)CCOC)c(Cl)cc21. The summed E-state index contributed by atoms with van der Waals surface area (Å²) >= 11 is 6.36. The lowest BCUT2D eigenvalue weighted by molar-refractivity contribution is -0.117. The van der Waals surface area contributed by atoms with Crippen molar-refractivity contribution in [2.45, 2.75) is 6.04 Å². The highest BCUT2D eigenvalue weighted by molar-refractivity contribution is 6.33. The van der Waals surface area contributed by atoms with Crippen molar-refractivity contribution < 1.29 is 14.6 Å². The first-order chi connectivity index (χ1) is 10.1. The summed E-state index contributed by atoms with van der Waals surface area (Å²) in [4.78, 5) is 13.8. The normalized spacial score (nSPS) is 16.8. The fourth-order valence-electron chi connectivity index (χ4n) is 2.47. The van der Waals surface area contributed by atoms with Crippen LogP contribution in [-0.2, 0) is 9.53 Å². The van der Waals surface area contributed by atoms with Gasteiger partial charge in [-0.3, -0.25) is 4.79 Å². The van der Waals surface area contributed by atoms with Crippen LogP contribution < -0.4 is 15.5 Å². The van der Waals surface area contributed by atoms with Gasteiger partial charge in [-0.2, -0.15) is 0 Å². The lowest BCUT2D eigenvalue weighted by atomic mass is 10.1. The maximum atomic E-state index is 11.9. The van der Waals surface area contributed by atoms with E-state index in [2.05, 4.69) is 10.6 Å². The van der Waals surface area contributed by atoms with Crippen molar-refractivity contribution in [3.63, 3.8) is 0 Å². The highest BCUT2D eigenvalue weighted by atomic mass is 35.5. The van der Waals surface area contributed by atoms with Crippen LogP contribution in [0.5, 0.6) is 0 Å². The number of fused-ring (bicyclic) bond motifs is 1. The van der Waals surface area contributed by atoms with E-state index in [1.165, 1.54) is 0 Å². The Morgan fingerprint density at radius 2 is 2.24 bits per heavy atom. The summed E-state index contributed by atoms with van der Waals surface area (Å²) in [6.07, 6.45) is 0. The maximum absolute atomic E-state index is 11.9. The van der Waals surface area contributed by atoms with Gasteiger partial charge in [-0.05, 0) is 19.2 Å². The second-order valence-corrected chi connectivity index (χ2v) is 5.21. The van der Waals surface area contributed by atoms with E-state index in [-0.39, 0.29) is 18.6 Å². The fourth-order valence-corrected chi connectivity index (χ4v) is 2.77. The number of amides is 1. The molecule has 1 amide bonds. The number of ether oxygens (including phenoxy) is 1. The number of likely N-dealkylation sites (N-methyl/N-ethyl adjacent to an activating group) is 1. The fraction of sp³-hybridized carbons (Fsp3) is 0.500. The molecule has 0 saturated heterocycles. The largest absolute Gasteiger partial charge is 0.395 e. The van der Waals surface area contributed by atoms with Gasteiger partial charge in [0, 0.05) is 31.5 Å². The number of carbonyl (C=O) groups excluding carboxylic acids is 1. The highest BCUT2D eigenvalue weighted by Crippen LogP contribution is 2.38. The van der Waals surface area contributed by atoms with E-state index in [0.717, 1.165) is 16.9 Å². The molecule has 1 aliphatic rings. The number of nitrogens with one attached hydrogen (secondary N) is 2. The van der Waals surface area contributed by atoms with Gasteiger partial charge in [-0.25, -0.2) is 0 Å². The van der Waals surface area contributed by atoms with Crippen LogP contribution in [0.2, 0.25) is 5.02 Å². The van der Waals surface area contributed by atoms with Gasteiger partial charge in [0.25, 0.3) is 0 Å². The van der Waals surface area contributed by atoms with Gasteiger partial charge in [0.05, 0.1) is 23.9 Å². The van der Waals surface area contributed by atoms with Gasteiger partial charge >= 0.3 is 0 Å². The summed E-state index contributed by atoms with van der Waals surface area (Å²) in [5.41, 5.74) is 2.37. The summed E-state index contributed by atoms with van der Waals surface area (Å²) in [5.74, 6) is -0.0914. The Labute approximate surface area is 129 Å². The van der Waals surface area contributed by atoms with Crippen LogP contribution in [0, 0.1) is 0 Å². The third kappa shape index (κ3) is 3.29. The molecule has 1 aromatic carbocycles. The number of anilines is 2. The summed E-state index contributed by atoms with van der Waals surface area (Å²) in [6, 6.07) is 3.26. The van der Waals surface area contributed by atoms with E-state index in [9.17, 15) is 9.90 Å². The first kappa shape index (κ1) is 16.0. The van der Waals surface area contributed by atoms with E-state index < -0.39 is 0 Å². The second kappa shape index (κ2) is 7.09. The topological polar surface area (TPSA) is 73.8 Å². The molecule has 0 spiro atoms. The van der Waals surface area contributed by atoms with Crippen molar-refractivity contribution in [3.8, 4) is 0 Å². The molecule has 0 saturated carbocycles.